The van der Waals surface area contributed by atoms with E-state index < -0.39 is 79.1 Å². The molecular weight excluding hydrogens is 654 g/mol. The van der Waals surface area contributed by atoms with Gasteiger partial charge in [0.25, 0.3) is 0 Å². The summed E-state index contributed by atoms with van der Waals surface area (Å²) in [6, 6.07) is -0.162. The van der Waals surface area contributed by atoms with Gasteiger partial charge in [-0.2, -0.15) is 0 Å². The molecule has 14 heteroatoms. The number of nitrogens with zero attached hydrogens (tertiary/aromatic N) is 1. The number of likely N-dealkylation sites (N-methyl/N-ethyl adjacent to an activating group) is 1. The summed E-state index contributed by atoms with van der Waals surface area (Å²) in [5.74, 6) is -1.49. The topological polar surface area (TPSA) is 175 Å². The van der Waals surface area contributed by atoms with Gasteiger partial charge in [-0.3, -0.25) is 4.79 Å². The van der Waals surface area contributed by atoms with E-state index in [9.17, 15) is 24.9 Å². The van der Waals surface area contributed by atoms with Crippen molar-refractivity contribution >= 4 is 11.8 Å². The number of esters is 1. The minimum atomic E-state index is -1.85. The number of hydrogen-bond donors (Lipinski definition) is 3. The van der Waals surface area contributed by atoms with Crippen molar-refractivity contribution < 1.29 is 62.8 Å². The van der Waals surface area contributed by atoms with Crippen LogP contribution in [0, 0.1) is 11.8 Å². The van der Waals surface area contributed by atoms with Crippen molar-refractivity contribution in [1.82, 2.24) is 4.90 Å². The molecule has 286 valence electrons. The predicted molar refractivity (Wildman–Crippen MR) is 180 cm³/mol. The highest BCUT2D eigenvalue weighted by atomic mass is 16.7. The van der Waals surface area contributed by atoms with E-state index in [0.717, 1.165) is 0 Å². The van der Waals surface area contributed by atoms with Crippen LogP contribution in [0.2, 0.25) is 0 Å². The lowest BCUT2D eigenvalue weighted by Crippen LogP contribution is -2.60. The van der Waals surface area contributed by atoms with Gasteiger partial charge in [0, 0.05) is 38.2 Å². The van der Waals surface area contributed by atoms with Crippen molar-refractivity contribution in [3.8, 4) is 0 Å². The van der Waals surface area contributed by atoms with Crippen LogP contribution >= 0.6 is 0 Å². The van der Waals surface area contributed by atoms with Gasteiger partial charge >= 0.3 is 5.97 Å². The number of rotatable bonds is 9. The average Bonchev–Trinajstić information content (AvgIpc) is 3.87. The highest BCUT2D eigenvalue weighted by Crippen LogP contribution is 2.40. The number of carbonyl (C=O) groups is 2. The first-order chi connectivity index (χ1) is 23.6. The average molecular weight is 714 g/mol. The van der Waals surface area contributed by atoms with Gasteiger partial charge in [0.15, 0.2) is 24.0 Å². The van der Waals surface area contributed by atoms with Crippen molar-refractivity contribution in [3.05, 3.63) is 24.3 Å². The Kier molecular flexibility index (Phi) is 14.6. The molecule has 4 heterocycles. The normalized spacial score (nSPS) is 46.2. The number of carbonyl (C=O) groups excluding carboxylic acids is 2. The molecule has 4 rings (SSSR count). The van der Waals surface area contributed by atoms with E-state index in [-0.39, 0.29) is 42.8 Å². The number of cyclic esters (lactones) is 1. The standard InChI is InChI=1S/C36H59NO13/c1-10-27-36(42,18-45-35-32(44-9)31(43-8)29(40)22(5)47-35)33-26(48-33)15-13-24(38)19(2)11-14-25(20(3)12-16-28(39)50-27)49-34-30(41)23(37(6)7)17-21(4)46-34/h12-13,15-16,19-23,25-27,29-35,40-42H,10-11,14,17-18H2,1-9H3/b15-13-,16-12-/t19-,20-,21-,22-,23-,25+,26+,27+,29-,30-,31-,32-,33+,34+,35-,36-/m1/s1. The maximum atomic E-state index is 13.3. The molecule has 16 atom stereocenters. The lowest BCUT2D eigenvalue weighted by molar-refractivity contribution is -0.313. The van der Waals surface area contributed by atoms with Crippen LogP contribution in [-0.2, 0) is 47.5 Å². The van der Waals surface area contributed by atoms with Crippen molar-refractivity contribution in [2.75, 3.05) is 34.9 Å². The number of allylic oxidation sites excluding steroid dienone is 1. The summed E-state index contributed by atoms with van der Waals surface area (Å²) in [7, 11) is 6.70. The maximum absolute atomic E-state index is 13.3. The van der Waals surface area contributed by atoms with Crippen LogP contribution in [-0.4, -0.2) is 152 Å². The quantitative estimate of drug-likeness (QED) is 0.232. The van der Waals surface area contributed by atoms with Crippen LogP contribution in [0.25, 0.3) is 0 Å². The summed E-state index contributed by atoms with van der Waals surface area (Å²) in [4.78, 5) is 28.5. The fourth-order valence-corrected chi connectivity index (χ4v) is 7.15. The molecule has 4 aliphatic rings. The second-order valence-electron chi connectivity index (χ2n) is 14.5. The van der Waals surface area contributed by atoms with Gasteiger partial charge in [-0.15, -0.1) is 0 Å². The summed E-state index contributed by atoms with van der Waals surface area (Å²) in [5, 5.41) is 33.9. The van der Waals surface area contributed by atoms with Crippen molar-refractivity contribution in [2.45, 2.75) is 146 Å². The molecule has 0 aromatic rings. The lowest BCUT2D eigenvalue weighted by Gasteiger charge is -2.43. The van der Waals surface area contributed by atoms with Crippen molar-refractivity contribution in [1.29, 1.82) is 0 Å². The largest absolute Gasteiger partial charge is 0.456 e. The molecule has 14 nitrogen and oxygen atoms in total. The molecule has 0 unspecified atom stereocenters. The van der Waals surface area contributed by atoms with Gasteiger partial charge in [0.05, 0.1) is 24.9 Å². The fourth-order valence-electron chi connectivity index (χ4n) is 7.15. The Balaban J connectivity index is 1.57. The van der Waals surface area contributed by atoms with Crippen LogP contribution in [0.15, 0.2) is 24.3 Å². The second-order valence-corrected chi connectivity index (χ2v) is 14.5. The zero-order chi connectivity index (χ0) is 36.9. The smallest absolute Gasteiger partial charge is 0.330 e. The van der Waals surface area contributed by atoms with E-state index in [0.29, 0.717) is 19.3 Å². The van der Waals surface area contributed by atoms with Gasteiger partial charge in [0.2, 0.25) is 0 Å². The second kappa shape index (κ2) is 17.8. The molecular formula is C36H59NO13. The number of ether oxygens (including phenoxy) is 8. The van der Waals surface area contributed by atoms with Gasteiger partial charge in [-0.05, 0) is 65.8 Å². The van der Waals surface area contributed by atoms with Crippen LogP contribution in [0.1, 0.15) is 60.3 Å². The van der Waals surface area contributed by atoms with E-state index >= 15 is 0 Å². The monoisotopic (exact) mass is 713 g/mol. The zero-order valence-corrected chi connectivity index (χ0v) is 30.9. The number of aliphatic hydroxyl groups is 3. The first-order valence-corrected chi connectivity index (χ1v) is 17.8. The van der Waals surface area contributed by atoms with E-state index in [1.165, 1.54) is 26.4 Å². The number of aliphatic hydroxyl groups excluding tert-OH is 2. The van der Waals surface area contributed by atoms with Gasteiger partial charge < -0.3 is 58.1 Å². The number of methoxy groups -OCH3 is 2. The Hall–Kier alpha value is -1.82. The molecule has 0 aromatic carbocycles. The molecule has 0 spiro atoms. The van der Waals surface area contributed by atoms with Crippen LogP contribution < -0.4 is 0 Å². The molecule has 0 saturated carbocycles. The Bertz CT molecular complexity index is 1180. The van der Waals surface area contributed by atoms with E-state index in [2.05, 4.69) is 0 Å². The number of epoxide rings is 1. The summed E-state index contributed by atoms with van der Waals surface area (Å²) >= 11 is 0. The van der Waals surface area contributed by atoms with E-state index in [4.69, 9.17) is 37.9 Å². The third-order valence-electron chi connectivity index (χ3n) is 10.5. The Morgan fingerprint density at radius 1 is 0.920 bits per heavy atom. The molecule has 0 aliphatic carbocycles. The Morgan fingerprint density at radius 3 is 2.26 bits per heavy atom. The number of fused-ring (bicyclic) bond motifs is 1. The first-order valence-electron chi connectivity index (χ1n) is 17.8. The Morgan fingerprint density at radius 2 is 1.62 bits per heavy atom. The summed E-state index contributed by atoms with van der Waals surface area (Å²) < 4.78 is 47.2. The molecule has 0 aromatic heterocycles. The van der Waals surface area contributed by atoms with Gasteiger partial charge in [0.1, 0.15) is 42.7 Å². The summed E-state index contributed by atoms with van der Waals surface area (Å²) in [6.45, 7) is 8.72. The summed E-state index contributed by atoms with van der Waals surface area (Å²) in [5.41, 5.74) is -1.85. The van der Waals surface area contributed by atoms with Crippen molar-refractivity contribution in [2.24, 2.45) is 11.8 Å². The molecule has 50 heavy (non-hydrogen) atoms. The van der Waals surface area contributed by atoms with Gasteiger partial charge in [-0.25, -0.2) is 4.79 Å². The minimum absolute atomic E-state index is 0.113. The first kappa shape index (κ1) is 40.9. The van der Waals surface area contributed by atoms with Crippen LogP contribution in [0.4, 0.5) is 0 Å². The van der Waals surface area contributed by atoms with Crippen molar-refractivity contribution in [3.63, 3.8) is 0 Å². The molecule has 0 radical (unpaired) electrons. The number of hydrogen-bond acceptors (Lipinski definition) is 14. The third-order valence-corrected chi connectivity index (χ3v) is 10.5. The SMILES string of the molecule is CC[C@@H]1OC(=O)/C=C\[C@@H](C)[C@@H](O[C@@H]2O[C@H](C)C[C@@H](N(C)C)[C@H]2O)CC[C@@H](C)C(=O)/C=C\[C@@H]2O[C@@H]2[C@@]1(O)CO[C@@H]1O[C@H](C)[C@@H](O)[C@@H](OC)[C@H]1OC. The van der Waals surface area contributed by atoms with Crippen LogP contribution in [0.3, 0.4) is 0 Å². The summed E-state index contributed by atoms with van der Waals surface area (Å²) in [6.07, 6.45) is -1.38. The van der Waals surface area contributed by atoms with E-state index in [1.807, 2.05) is 39.8 Å². The molecule has 3 saturated heterocycles. The fraction of sp³-hybridized carbons (Fsp3) is 0.833. The molecule has 0 bridgehead atoms. The lowest BCUT2D eigenvalue weighted by atomic mass is 9.89. The Labute approximate surface area is 295 Å². The zero-order valence-electron chi connectivity index (χ0n) is 30.9. The molecule has 3 N–H and O–H groups in total. The maximum Gasteiger partial charge on any atom is 0.330 e. The minimum Gasteiger partial charge on any atom is -0.456 e. The predicted octanol–water partition coefficient (Wildman–Crippen LogP) is 1.52. The highest BCUT2D eigenvalue weighted by molar-refractivity contribution is 5.91. The van der Waals surface area contributed by atoms with E-state index in [1.54, 1.807) is 26.0 Å². The van der Waals surface area contributed by atoms with Crippen LogP contribution in [0.5, 0.6) is 0 Å². The third kappa shape index (κ3) is 9.58. The molecule has 3 fully saturated rings. The highest BCUT2D eigenvalue weighted by Gasteiger charge is 2.59. The molecule has 4 aliphatic heterocycles. The number of ketones is 1. The molecule has 0 amide bonds. The van der Waals surface area contributed by atoms with Gasteiger partial charge in [-0.1, -0.05) is 26.8 Å².